The standard InChI is InChI=1S/C18H21ClN2O5S/c1-12(11-26-15-7-5-14(25-2)6-8-15)20-18(22)16-9-4-13(10-17(16)19)21-27(3,23)24/h4-10,12,21H,11H2,1-3H3,(H,20,22)/t12-/m0/s1. The average molecular weight is 413 g/mol. The predicted molar refractivity (Wildman–Crippen MR) is 105 cm³/mol. The van der Waals surface area contributed by atoms with Crippen molar-refractivity contribution in [3.63, 3.8) is 0 Å². The van der Waals surface area contributed by atoms with E-state index in [1.54, 1.807) is 38.3 Å². The highest BCUT2D eigenvalue weighted by atomic mass is 35.5. The lowest BCUT2D eigenvalue weighted by molar-refractivity contribution is 0.0927. The Morgan fingerprint density at radius 1 is 1.15 bits per heavy atom. The Hall–Kier alpha value is -2.45. The van der Waals surface area contributed by atoms with Crippen LogP contribution in [0.3, 0.4) is 0 Å². The van der Waals surface area contributed by atoms with Gasteiger partial charge in [-0.15, -0.1) is 0 Å². The third-order valence-electron chi connectivity index (χ3n) is 3.45. The topological polar surface area (TPSA) is 93.7 Å². The van der Waals surface area contributed by atoms with Gasteiger partial charge in [0.15, 0.2) is 0 Å². The summed E-state index contributed by atoms with van der Waals surface area (Å²) >= 11 is 6.10. The molecule has 2 aromatic rings. The van der Waals surface area contributed by atoms with E-state index < -0.39 is 10.0 Å². The fourth-order valence-corrected chi connectivity index (χ4v) is 3.03. The summed E-state index contributed by atoms with van der Waals surface area (Å²) in [4.78, 5) is 12.4. The van der Waals surface area contributed by atoms with Gasteiger partial charge < -0.3 is 14.8 Å². The molecule has 0 radical (unpaired) electrons. The highest BCUT2D eigenvalue weighted by molar-refractivity contribution is 7.92. The number of ether oxygens (including phenoxy) is 2. The van der Waals surface area contributed by atoms with Crippen LogP contribution >= 0.6 is 11.6 Å². The van der Waals surface area contributed by atoms with Crippen molar-refractivity contribution in [2.24, 2.45) is 0 Å². The molecule has 0 spiro atoms. The van der Waals surface area contributed by atoms with Crippen LogP contribution in [0.2, 0.25) is 5.02 Å². The van der Waals surface area contributed by atoms with Gasteiger partial charge in [-0.05, 0) is 49.4 Å². The van der Waals surface area contributed by atoms with E-state index in [1.807, 2.05) is 0 Å². The van der Waals surface area contributed by atoms with E-state index in [2.05, 4.69) is 10.0 Å². The number of benzene rings is 2. The van der Waals surface area contributed by atoms with E-state index in [9.17, 15) is 13.2 Å². The molecule has 0 saturated carbocycles. The molecule has 0 aliphatic carbocycles. The average Bonchev–Trinajstić information content (AvgIpc) is 2.59. The van der Waals surface area contributed by atoms with Gasteiger partial charge in [0.25, 0.3) is 5.91 Å². The first kappa shape index (κ1) is 20.9. The second-order valence-electron chi connectivity index (χ2n) is 5.93. The van der Waals surface area contributed by atoms with E-state index in [4.69, 9.17) is 21.1 Å². The Balaban J connectivity index is 1.93. The number of hydrogen-bond donors (Lipinski definition) is 2. The lowest BCUT2D eigenvalue weighted by atomic mass is 10.2. The highest BCUT2D eigenvalue weighted by Crippen LogP contribution is 2.22. The molecule has 9 heteroatoms. The van der Waals surface area contributed by atoms with Crippen molar-refractivity contribution in [2.75, 3.05) is 24.7 Å². The van der Waals surface area contributed by atoms with Crippen molar-refractivity contribution in [3.05, 3.63) is 53.1 Å². The minimum Gasteiger partial charge on any atom is -0.497 e. The number of nitrogens with one attached hydrogen (secondary N) is 2. The zero-order chi connectivity index (χ0) is 20.0. The van der Waals surface area contributed by atoms with Gasteiger partial charge in [0.2, 0.25) is 10.0 Å². The summed E-state index contributed by atoms with van der Waals surface area (Å²) in [5.74, 6) is 1.01. The third-order valence-corrected chi connectivity index (χ3v) is 4.37. The second kappa shape index (κ2) is 8.96. The Bertz CT molecular complexity index is 900. The first-order valence-corrected chi connectivity index (χ1v) is 10.3. The summed E-state index contributed by atoms with van der Waals surface area (Å²) in [6.07, 6.45) is 1.03. The number of sulfonamides is 1. The zero-order valence-corrected chi connectivity index (χ0v) is 16.7. The van der Waals surface area contributed by atoms with Gasteiger partial charge in [0.1, 0.15) is 18.1 Å². The van der Waals surface area contributed by atoms with Crippen LogP contribution in [0.5, 0.6) is 11.5 Å². The molecule has 0 aromatic heterocycles. The van der Waals surface area contributed by atoms with Crippen LogP contribution in [0.15, 0.2) is 42.5 Å². The molecule has 7 nitrogen and oxygen atoms in total. The molecule has 2 N–H and O–H groups in total. The van der Waals surface area contributed by atoms with E-state index >= 15 is 0 Å². The fraction of sp³-hybridized carbons (Fsp3) is 0.278. The predicted octanol–water partition coefficient (Wildman–Crippen LogP) is 2.92. The van der Waals surface area contributed by atoms with E-state index in [1.165, 1.54) is 18.2 Å². The summed E-state index contributed by atoms with van der Waals surface area (Å²) in [7, 11) is -1.83. The molecule has 0 heterocycles. The minimum absolute atomic E-state index is 0.143. The number of rotatable bonds is 8. The Morgan fingerprint density at radius 2 is 1.78 bits per heavy atom. The minimum atomic E-state index is -3.42. The summed E-state index contributed by atoms with van der Waals surface area (Å²) < 4.78 is 35.5. The summed E-state index contributed by atoms with van der Waals surface area (Å²) in [5, 5.41) is 2.93. The van der Waals surface area contributed by atoms with Crippen LogP contribution in [0, 0.1) is 0 Å². The van der Waals surface area contributed by atoms with Crippen LogP contribution in [-0.4, -0.2) is 40.3 Å². The number of anilines is 1. The quantitative estimate of drug-likeness (QED) is 0.695. The van der Waals surface area contributed by atoms with Crippen molar-refractivity contribution in [2.45, 2.75) is 13.0 Å². The molecule has 0 bridgehead atoms. The fourth-order valence-electron chi connectivity index (χ4n) is 2.21. The van der Waals surface area contributed by atoms with Crippen molar-refractivity contribution in [1.82, 2.24) is 5.32 Å². The smallest absolute Gasteiger partial charge is 0.253 e. The third kappa shape index (κ3) is 6.65. The molecule has 0 fully saturated rings. The molecular weight excluding hydrogens is 392 g/mol. The summed E-state index contributed by atoms with van der Waals surface area (Å²) in [6, 6.07) is 11.2. The number of carbonyl (C=O) groups excluding carboxylic acids is 1. The molecule has 1 amide bonds. The summed E-state index contributed by atoms with van der Waals surface area (Å²) in [6.45, 7) is 2.07. The van der Waals surface area contributed by atoms with Crippen LogP contribution in [-0.2, 0) is 10.0 Å². The van der Waals surface area contributed by atoms with Crippen molar-refractivity contribution < 1.29 is 22.7 Å². The maximum atomic E-state index is 12.4. The Labute approximate surface area is 163 Å². The van der Waals surface area contributed by atoms with Crippen LogP contribution in [0.25, 0.3) is 0 Å². The molecule has 27 heavy (non-hydrogen) atoms. The van der Waals surface area contributed by atoms with Gasteiger partial charge in [-0.3, -0.25) is 9.52 Å². The van der Waals surface area contributed by atoms with Gasteiger partial charge >= 0.3 is 0 Å². The molecule has 2 aromatic carbocycles. The monoisotopic (exact) mass is 412 g/mol. The maximum absolute atomic E-state index is 12.4. The van der Waals surface area contributed by atoms with Crippen molar-refractivity contribution >= 4 is 33.2 Å². The lowest BCUT2D eigenvalue weighted by Gasteiger charge is -2.16. The Kier molecular flexibility index (Phi) is 6.92. The van der Waals surface area contributed by atoms with E-state index in [0.29, 0.717) is 5.75 Å². The number of carbonyl (C=O) groups is 1. The second-order valence-corrected chi connectivity index (χ2v) is 8.09. The number of halogens is 1. The molecule has 0 saturated heterocycles. The molecule has 2 rings (SSSR count). The Morgan fingerprint density at radius 3 is 2.33 bits per heavy atom. The van der Waals surface area contributed by atoms with Gasteiger partial charge in [-0.2, -0.15) is 0 Å². The largest absolute Gasteiger partial charge is 0.497 e. The van der Waals surface area contributed by atoms with E-state index in [-0.39, 0.29) is 34.8 Å². The molecule has 146 valence electrons. The summed E-state index contributed by atoms with van der Waals surface area (Å²) in [5.41, 5.74) is 0.530. The lowest BCUT2D eigenvalue weighted by Crippen LogP contribution is -2.36. The van der Waals surface area contributed by atoms with Crippen molar-refractivity contribution in [3.8, 4) is 11.5 Å². The molecule has 1 atom stereocenters. The normalized spacial score (nSPS) is 12.1. The number of hydrogen-bond acceptors (Lipinski definition) is 5. The van der Waals surface area contributed by atoms with Gasteiger partial charge in [0, 0.05) is 5.69 Å². The van der Waals surface area contributed by atoms with E-state index in [0.717, 1.165) is 12.0 Å². The van der Waals surface area contributed by atoms with Gasteiger partial charge in [-0.25, -0.2) is 8.42 Å². The van der Waals surface area contributed by atoms with Crippen molar-refractivity contribution in [1.29, 1.82) is 0 Å². The van der Waals surface area contributed by atoms with Crippen LogP contribution in [0.4, 0.5) is 5.69 Å². The molecule has 0 aliphatic heterocycles. The zero-order valence-electron chi connectivity index (χ0n) is 15.2. The first-order chi connectivity index (χ1) is 12.7. The van der Waals surface area contributed by atoms with Crippen LogP contribution < -0.4 is 19.5 Å². The molecule has 0 unspecified atom stereocenters. The number of methoxy groups -OCH3 is 1. The first-order valence-electron chi connectivity index (χ1n) is 8.03. The molecule has 0 aliphatic rings. The molecular formula is C18H21ClN2O5S. The van der Waals surface area contributed by atoms with Crippen LogP contribution in [0.1, 0.15) is 17.3 Å². The van der Waals surface area contributed by atoms with Gasteiger partial charge in [-0.1, -0.05) is 11.6 Å². The number of amides is 1. The SMILES string of the molecule is COc1ccc(OC[C@H](C)NC(=O)c2ccc(NS(C)(=O)=O)cc2Cl)cc1. The van der Waals surface area contributed by atoms with Gasteiger partial charge in [0.05, 0.1) is 30.0 Å². The maximum Gasteiger partial charge on any atom is 0.253 e. The highest BCUT2D eigenvalue weighted by Gasteiger charge is 2.15.